The van der Waals surface area contributed by atoms with Crippen molar-refractivity contribution in [2.75, 3.05) is 12.4 Å². The first-order valence-electron chi connectivity index (χ1n) is 9.45. The lowest BCUT2D eigenvalue weighted by Gasteiger charge is -2.29. The minimum atomic E-state index is 0.0556. The third-order valence-corrected chi connectivity index (χ3v) is 5.17. The predicted molar refractivity (Wildman–Crippen MR) is 121 cm³/mol. The zero-order valence-electron chi connectivity index (χ0n) is 16.8. The second-order valence-corrected chi connectivity index (χ2v) is 8.08. The van der Waals surface area contributed by atoms with Gasteiger partial charge in [-0.2, -0.15) is 0 Å². The Hall–Kier alpha value is -2.66. The molecule has 3 aromatic rings. The largest absolute Gasteiger partial charge is 0.494 e. The average Bonchev–Trinajstić information content (AvgIpc) is 2.68. The summed E-state index contributed by atoms with van der Waals surface area (Å²) in [6, 6.07) is 18.6. The molecule has 0 amide bonds. The smallest absolute Gasteiger partial charge is 0.171 e. The molecule has 0 saturated carbocycles. The van der Waals surface area contributed by atoms with Crippen LogP contribution in [0.4, 0.5) is 5.69 Å². The van der Waals surface area contributed by atoms with E-state index in [0.717, 1.165) is 28.8 Å². The van der Waals surface area contributed by atoms with Crippen LogP contribution in [0.1, 0.15) is 32.8 Å². The number of anilines is 1. The number of benzene rings is 2. The first kappa shape index (κ1) is 20.1. The van der Waals surface area contributed by atoms with Crippen LogP contribution in [-0.4, -0.2) is 23.2 Å². The molecule has 1 aromatic heterocycles. The summed E-state index contributed by atoms with van der Waals surface area (Å²) in [5.41, 5.74) is 3.11. The van der Waals surface area contributed by atoms with Crippen molar-refractivity contribution in [3.63, 3.8) is 0 Å². The van der Waals surface area contributed by atoms with Crippen LogP contribution in [0.25, 0.3) is 10.9 Å². The van der Waals surface area contributed by atoms with E-state index >= 15 is 0 Å². The van der Waals surface area contributed by atoms with Crippen molar-refractivity contribution in [3.05, 3.63) is 66.4 Å². The number of rotatable bonds is 6. The lowest BCUT2D eigenvalue weighted by molar-refractivity contribution is 0.418. The van der Waals surface area contributed by atoms with E-state index in [4.69, 9.17) is 17.0 Å². The molecule has 0 unspecified atom stereocenters. The van der Waals surface area contributed by atoms with Crippen LogP contribution in [-0.2, 0) is 5.41 Å². The summed E-state index contributed by atoms with van der Waals surface area (Å²) in [5, 5.41) is 8.31. The van der Waals surface area contributed by atoms with Gasteiger partial charge in [-0.05, 0) is 60.8 Å². The molecule has 2 aromatic carbocycles. The predicted octanol–water partition coefficient (Wildman–Crippen LogP) is 5.29. The Labute approximate surface area is 172 Å². The fourth-order valence-electron chi connectivity index (χ4n) is 3.63. The molecule has 0 spiro atoms. The number of fused-ring (bicyclic) bond motifs is 1. The lowest BCUT2D eigenvalue weighted by Crippen LogP contribution is -2.39. The summed E-state index contributed by atoms with van der Waals surface area (Å²) in [6.45, 7) is 6.69. The van der Waals surface area contributed by atoms with Gasteiger partial charge in [-0.15, -0.1) is 0 Å². The number of thiocarbonyl (C=S) groups is 1. The van der Waals surface area contributed by atoms with Crippen molar-refractivity contribution in [2.45, 2.75) is 38.6 Å². The van der Waals surface area contributed by atoms with Gasteiger partial charge in [-0.1, -0.05) is 44.2 Å². The van der Waals surface area contributed by atoms with Crippen LogP contribution in [0.5, 0.6) is 5.75 Å². The monoisotopic (exact) mass is 393 g/mol. The zero-order valence-corrected chi connectivity index (χ0v) is 17.6. The van der Waals surface area contributed by atoms with Crippen LogP contribution in [0, 0.1) is 0 Å². The molecule has 4 nitrogen and oxygen atoms in total. The second kappa shape index (κ2) is 8.57. The number of hydrogen-bond donors (Lipinski definition) is 2. The highest BCUT2D eigenvalue weighted by Gasteiger charge is 2.23. The highest BCUT2D eigenvalue weighted by atomic mass is 32.1. The molecule has 0 fully saturated rings. The first-order valence-corrected chi connectivity index (χ1v) is 9.86. The molecule has 1 atom stereocenters. The molecule has 146 valence electrons. The minimum absolute atomic E-state index is 0.0556. The van der Waals surface area contributed by atoms with E-state index in [9.17, 15) is 0 Å². The fraction of sp³-hybridized carbons (Fsp3) is 0.304. The topological polar surface area (TPSA) is 46.2 Å². The molecular weight excluding hydrogens is 366 g/mol. The van der Waals surface area contributed by atoms with Crippen molar-refractivity contribution in [2.24, 2.45) is 0 Å². The Kier molecular flexibility index (Phi) is 6.15. The van der Waals surface area contributed by atoms with Gasteiger partial charge in [-0.3, -0.25) is 4.98 Å². The number of ether oxygens (including phenoxy) is 1. The van der Waals surface area contributed by atoms with E-state index in [1.807, 2.05) is 30.3 Å². The molecule has 28 heavy (non-hydrogen) atoms. The van der Waals surface area contributed by atoms with Crippen molar-refractivity contribution in [3.8, 4) is 5.75 Å². The van der Waals surface area contributed by atoms with Crippen molar-refractivity contribution in [1.29, 1.82) is 0 Å². The number of hydrogen-bond acceptors (Lipinski definition) is 3. The van der Waals surface area contributed by atoms with Gasteiger partial charge in [0.05, 0.1) is 7.11 Å². The molecule has 0 aliphatic carbocycles. The lowest BCUT2D eigenvalue weighted by atomic mass is 9.79. The molecular formula is C23H27N3OS. The third-order valence-electron chi connectivity index (χ3n) is 4.95. The van der Waals surface area contributed by atoms with Crippen LogP contribution in [0.2, 0.25) is 0 Å². The summed E-state index contributed by atoms with van der Waals surface area (Å²) in [7, 11) is 1.65. The van der Waals surface area contributed by atoms with Gasteiger partial charge < -0.3 is 15.4 Å². The average molecular weight is 394 g/mol. The van der Waals surface area contributed by atoms with E-state index in [0.29, 0.717) is 5.11 Å². The van der Waals surface area contributed by atoms with Gasteiger partial charge in [0.2, 0.25) is 0 Å². The molecule has 1 heterocycles. The van der Waals surface area contributed by atoms with E-state index in [2.05, 4.69) is 60.7 Å². The standard InChI is InChI=1S/C23H27N3OS/c1-16(15-23(2,3)17-9-6-5-7-10-17)25-22(28)26-19-12-13-20(27-4)21-18(19)11-8-14-24-21/h5-14,16H,15H2,1-4H3,(H2,25,26,28)/t16-/m1/s1. The first-order chi connectivity index (χ1) is 13.4. The molecule has 0 aliphatic heterocycles. The van der Waals surface area contributed by atoms with Gasteiger partial charge >= 0.3 is 0 Å². The van der Waals surface area contributed by atoms with Crippen molar-refractivity contribution < 1.29 is 4.74 Å². The molecule has 3 rings (SSSR count). The van der Waals surface area contributed by atoms with Crippen LogP contribution in [0.3, 0.4) is 0 Å². The van der Waals surface area contributed by atoms with Gasteiger partial charge in [0.15, 0.2) is 5.11 Å². The summed E-state index contributed by atoms with van der Waals surface area (Å²) >= 11 is 5.57. The molecule has 2 N–H and O–H groups in total. The third kappa shape index (κ3) is 4.60. The summed E-state index contributed by atoms with van der Waals surface area (Å²) in [4.78, 5) is 4.43. The van der Waals surface area contributed by atoms with Gasteiger partial charge in [0.1, 0.15) is 11.3 Å². The molecule has 0 bridgehead atoms. The second-order valence-electron chi connectivity index (χ2n) is 7.67. The number of nitrogens with zero attached hydrogens (tertiary/aromatic N) is 1. The Balaban J connectivity index is 1.68. The Bertz CT molecular complexity index is 956. The summed E-state index contributed by atoms with van der Waals surface area (Å²) in [5.74, 6) is 0.748. The maximum absolute atomic E-state index is 5.57. The van der Waals surface area contributed by atoms with Gasteiger partial charge in [0.25, 0.3) is 0 Å². The molecule has 0 saturated heterocycles. The molecule has 0 radical (unpaired) electrons. The fourth-order valence-corrected chi connectivity index (χ4v) is 3.94. The summed E-state index contributed by atoms with van der Waals surface area (Å²) < 4.78 is 5.41. The SMILES string of the molecule is COc1ccc(NC(=S)N[C@H](C)CC(C)(C)c2ccccc2)c2cccnc12. The number of methoxy groups -OCH3 is 1. The number of aromatic nitrogens is 1. The van der Waals surface area contributed by atoms with E-state index in [-0.39, 0.29) is 11.5 Å². The number of pyridine rings is 1. The van der Waals surface area contributed by atoms with Gasteiger partial charge in [-0.25, -0.2) is 0 Å². The Morgan fingerprint density at radius 3 is 2.57 bits per heavy atom. The van der Waals surface area contributed by atoms with Crippen molar-refractivity contribution >= 4 is 33.9 Å². The quantitative estimate of drug-likeness (QED) is 0.558. The maximum atomic E-state index is 5.57. The highest BCUT2D eigenvalue weighted by molar-refractivity contribution is 7.80. The zero-order chi connectivity index (χ0) is 20.1. The van der Waals surface area contributed by atoms with Crippen molar-refractivity contribution in [1.82, 2.24) is 10.3 Å². The van der Waals surface area contributed by atoms with Crippen LogP contribution in [0.15, 0.2) is 60.8 Å². The van der Waals surface area contributed by atoms with Gasteiger partial charge in [0, 0.05) is 23.3 Å². The summed E-state index contributed by atoms with van der Waals surface area (Å²) in [6.07, 6.45) is 2.72. The van der Waals surface area contributed by atoms with Crippen LogP contribution >= 0.6 is 12.2 Å². The molecule has 0 aliphatic rings. The van der Waals surface area contributed by atoms with E-state index < -0.39 is 0 Å². The maximum Gasteiger partial charge on any atom is 0.171 e. The normalized spacial score (nSPS) is 12.4. The van der Waals surface area contributed by atoms with Crippen LogP contribution < -0.4 is 15.4 Å². The van der Waals surface area contributed by atoms with E-state index in [1.54, 1.807) is 13.3 Å². The Morgan fingerprint density at radius 2 is 1.86 bits per heavy atom. The molecule has 5 heteroatoms. The highest BCUT2D eigenvalue weighted by Crippen LogP contribution is 2.30. The number of nitrogens with one attached hydrogen (secondary N) is 2. The minimum Gasteiger partial charge on any atom is -0.494 e. The van der Waals surface area contributed by atoms with E-state index in [1.165, 1.54) is 5.56 Å². The Morgan fingerprint density at radius 1 is 1.11 bits per heavy atom.